The molecule has 120 valence electrons. The molecule has 1 heterocycles. The highest BCUT2D eigenvalue weighted by Crippen LogP contribution is 2.22. The monoisotopic (exact) mass is 326 g/mol. The Morgan fingerprint density at radius 3 is 2.12 bits per heavy atom. The molecule has 0 radical (unpaired) electrons. The van der Waals surface area contributed by atoms with Crippen LogP contribution in [-0.2, 0) is 0 Å². The molecule has 4 rings (SSSR count). The van der Waals surface area contributed by atoms with Crippen molar-refractivity contribution in [1.29, 1.82) is 0 Å². The minimum absolute atomic E-state index is 0.186. The van der Waals surface area contributed by atoms with Crippen molar-refractivity contribution in [2.75, 3.05) is 0 Å². The van der Waals surface area contributed by atoms with Gasteiger partial charge in [-0.2, -0.15) is 0 Å². The predicted molar refractivity (Wildman–Crippen MR) is 96.4 cm³/mol. The van der Waals surface area contributed by atoms with E-state index in [4.69, 9.17) is 4.74 Å². The first-order valence-electron chi connectivity index (χ1n) is 7.89. The largest absolute Gasteiger partial charge is 0.422 e. The molecule has 0 N–H and O–H groups in total. The van der Waals surface area contributed by atoms with Crippen molar-refractivity contribution in [2.45, 2.75) is 0 Å². The number of hydrogen-bond donors (Lipinski definition) is 0. The van der Waals surface area contributed by atoms with Crippen molar-refractivity contribution in [1.82, 2.24) is 9.97 Å². The second-order valence-corrected chi connectivity index (χ2v) is 5.52. The van der Waals surface area contributed by atoms with E-state index in [1.54, 1.807) is 12.1 Å². The van der Waals surface area contributed by atoms with Crippen LogP contribution < -0.4 is 4.74 Å². The topological polar surface area (TPSA) is 52.1 Å². The number of esters is 1. The molecule has 0 aliphatic heterocycles. The van der Waals surface area contributed by atoms with Gasteiger partial charge >= 0.3 is 5.97 Å². The summed E-state index contributed by atoms with van der Waals surface area (Å²) in [4.78, 5) is 20.8. The van der Waals surface area contributed by atoms with Crippen molar-refractivity contribution >= 4 is 17.0 Å². The summed E-state index contributed by atoms with van der Waals surface area (Å²) in [5.41, 5.74) is 3.76. The maximum atomic E-state index is 12.3. The van der Waals surface area contributed by atoms with Gasteiger partial charge in [0.25, 0.3) is 0 Å². The lowest BCUT2D eigenvalue weighted by atomic mass is 10.1. The van der Waals surface area contributed by atoms with Gasteiger partial charge in [-0.15, -0.1) is 0 Å². The van der Waals surface area contributed by atoms with Gasteiger partial charge in [-0.25, -0.2) is 9.78 Å². The standard InChI is InChI=1S/C21H14N2O2/c24-21(20-14-22-18-8-4-5-9-19(18)23-20)25-17-12-10-16(11-13-17)15-6-2-1-3-7-15/h1-14H. The molecule has 0 unspecified atom stereocenters. The Balaban J connectivity index is 1.53. The van der Waals surface area contributed by atoms with E-state index >= 15 is 0 Å². The number of rotatable bonds is 3. The average Bonchev–Trinajstić information content (AvgIpc) is 2.69. The van der Waals surface area contributed by atoms with Gasteiger partial charge in [0.15, 0.2) is 5.69 Å². The number of carbonyl (C=O) groups is 1. The summed E-state index contributed by atoms with van der Waals surface area (Å²) in [7, 11) is 0. The lowest BCUT2D eigenvalue weighted by molar-refractivity contribution is 0.0728. The van der Waals surface area contributed by atoms with Gasteiger partial charge in [0.05, 0.1) is 17.2 Å². The highest BCUT2D eigenvalue weighted by molar-refractivity contribution is 5.91. The zero-order chi connectivity index (χ0) is 17.1. The van der Waals surface area contributed by atoms with Gasteiger partial charge in [0.2, 0.25) is 0 Å². The van der Waals surface area contributed by atoms with Gasteiger partial charge in [-0.1, -0.05) is 54.6 Å². The molecular weight excluding hydrogens is 312 g/mol. The van der Waals surface area contributed by atoms with Crippen molar-refractivity contribution in [3.63, 3.8) is 0 Å². The Labute approximate surface area is 144 Å². The van der Waals surface area contributed by atoms with Crippen LogP contribution in [0.25, 0.3) is 22.2 Å². The third-order valence-electron chi connectivity index (χ3n) is 3.83. The first-order chi connectivity index (χ1) is 12.3. The Kier molecular flexibility index (Phi) is 3.92. The minimum Gasteiger partial charge on any atom is -0.422 e. The summed E-state index contributed by atoms with van der Waals surface area (Å²) < 4.78 is 5.40. The van der Waals surface area contributed by atoms with E-state index in [2.05, 4.69) is 9.97 Å². The summed E-state index contributed by atoms with van der Waals surface area (Å²) >= 11 is 0. The van der Waals surface area contributed by atoms with Crippen molar-refractivity contribution < 1.29 is 9.53 Å². The molecule has 0 spiro atoms. The number of hydrogen-bond acceptors (Lipinski definition) is 4. The fourth-order valence-corrected chi connectivity index (χ4v) is 2.56. The molecule has 3 aromatic carbocycles. The Morgan fingerprint density at radius 1 is 0.720 bits per heavy atom. The average molecular weight is 326 g/mol. The normalized spacial score (nSPS) is 10.6. The fraction of sp³-hybridized carbons (Fsp3) is 0. The quantitative estimate of drug-likeness (QED) is 0.410. The number of para-hydroxylation sites is 2. The van der Waals surface area contributed by atoms with Crippen LogP contribution in [0.1, 0.15) is 10.5 Å². The molecule has 0 saturated carbocycles. The molecule has 0 atom stereocenters. The summed E-state index contributed by atoms with van der Waals surface area (Å²) in [6.07, 6.45) is 1.43. The second-order valence-electron chi connectivity index (χ2n) is 5.52. The number of nitrogens with zero attached hydrogens (tertiary/aromatic N) is 2. The summed E-state index contributed by atoms with van der Waals surface area (Å²) in [5, 5.41) is 0. The third kappa shape index (κ3) is 3.23. The van der Waals surface area contributed by atoms with Crippen LogP contribution in [0.2, 0.25) is 0 Å². The summed E-state index contributed by atoms with van der Waals surface area (Å²) in [5.74, 6) is -0.0506. The van der Waals surface area contributed by atoms with Crippen LogP contribution in [0.5, 0.6) is 5.75 Å². The summed E-state index contributed by atoms with van der Waals surface area (Å²) in [6, 6.07) is 24.8. The zero-order valence-electron chi connectivity index (χ0n) is 13.3. The van der Waals surface area contributed by atoms with Gasteiger partial charge in [0, 0.05) is 0 Å². The van der Waals surface area contributed by atoms with Gasteiger partial charge in [-0.3, -0.25) is 4.98 Å². The van der Waals surface area contributed by atoms with E-state index in [0.717, 1.165) is 16.6 Å². The lowest BCUT2D eigenvalue weighted by Crippen LogP contribution is -2.11. The molecule has 4 heteroatoms. The number of ether oxygens (including phenoxy) is 1. The van der Waals surface area contributed by atoms with E-state index in [1.807, 2.05) is 66.7 Å². The van der Waals surface area contributed by atoms with Gasteiger partial charge in [0.1, 0.15) is 5.75 Å². The first kappa shape index (κ1) is 15.0. The molecule has 1 aromatic heterocycles. The van der Waals surface area contributed by atoms with E-state index in [-0.39, 0.29) is 5.69 Å². The summed E-state index contributed by atoms with van der Waals surface area (Å²) in [6.45, 7) is 0. The minimum atomic E-state index is -0.522. The third-order valence-corrected chi connectivity index (χ3v) is 3.83. The molecule has 4 aromatic rings. The first-order valence-corrected chi connectivity index (χ1v) is 7.89. The van der Waals surface area contributed by atoms with E-state index in [9.17, 15) is 4.79 Å². The van der Waals surface area contributed by atoms with Crippen LogP contribution >= 0.6 is 0 Å². The molecular formula is C21H14N2O2. The molecule has 4 nitrogen and oxygen atoms in total. The van der Waals surface area contributed by atoms with E-state index in [0.29, 0.717) is 11.3 Å². The molecule has 25 heavy (non-hydrogen) atoms. The Bertz CT molecular complexity index is 1030. The van der Waals surface area contributed by atoms with E-state index < -0.39 is 5.97 Å². The fourth-order valence-electron chi connectivity index (χ4n) is 2.56. The maximum Gasteiger partial charge on any atom is 0.363 e. The number of benzene rings is 3. The second kappa shape index (κ2) is 6.53. The molecule has 0 bridgehead atoms. The number of fused-ring (bicyclic) bond motifs is 1. The SMILES string of the molecule is O=C(Oc1ccc(-c2ccccc2)cc1)c1cnc2ccccc2n1. The van der Waals surface area contributed by atoms with E-state index in [1.165, 1.54) is 6.20 Å². The molecule has 0 amide bonds. The zero-order valence-corrected chi connectivity index (χ0v) is 13.3. The number of aromatic nitrogens is 2. The van der Waals surface area contributed by atoms with Gasteiger partial charge in [-0.05, 0) is 35.4 Å². The molecule has 0 aliphatic rings. The highest BCUT2D eigenvalue weighted by Gasteiger charge is 2.12. The van der Waals surface area contributed by atoms with Crippen LogP contribution in [0.3, 0.4) is 0 Å². The Hall–Kier alpha value is -3.53. The van der Waals surface area contributed by atoms with Crippen molar-refractivity contribution in [2.24, 2.45) is 0 Å². The molecule has 0 aliphatic carbocycles. The molecule has 0 saturated heterocycles. The van der Waals surface area contributed by atoms with Crippen molar-refractivity contribution in [3.05, 3.63) is 90.8 Å². The van der Waals surface area contributed by atoms with Crippen LogP contribution in [0, 0.1) is 0 Å². The van der Waals surface area contributed by atoms with Gasteiger partial charge < -0.3 is 4.74 Å². The van der Waals surface area contributed by atoms with Crippen LogP contribution in [0.4, 0.5) is 0 Å². The highest BCUT2D eigenvalue weighted by atomic mass is 16.5. The maximum absolute atomic E-state index is 12.3. The Morgan fingerprint density at radius 2 is 1.36 bits per heavy atom. The number of carbonyl (C=O) groups excluding carboxylic acids is 1. The smallest absolute Gasteiger partial charge is 0.363 e. The molecule has 0 fully saturated rings. The van der Waals surface area contributed by atoms with Crippen LogP contribution in [-0.4, -0.2) is 15.9 Å². The van der Waals surface area contributed by atoms with Crippen molar-refractivity contribution in [3.8, 4) is 16.9 Å². The predicted octanol–water partition coefficient (Wildman–Crippen LogP) is 4.52. The lowest BCUT2D eigenvalue weighted by Gasteiger charge is -2.06. The van der Waals surface area contributed by atoms with Crippen LogP contribution in [0.15, 0.2) is 85.1 Å².